The second-order valence-electron chi connectivity index (χ2n) is 6.80. The fourth-order valence-corrected chi connectivity index (χ4v) is 3.88. The molecule has 1 unspecified atom stereocenters. The van der Waals surface area contributed by atoms with E-state index < -0.39 is 0 Å². The number of benzene rings is 1. The van der Waals surface area contributed by atoms with Gasteiger partial charge in [-0.15, -0.1) is 12.4 Å². The van der Waals surface area contributed by atoms with Crippen LogP contribution in [0.15, 0.2) is 18.2 Å². The van der Waals surface area contributed by atoms with E-state index in [9.17, 15) is 9.59 Å². The molecule has 0 radical (unpaired) electrons. The molecule has 0 spiro atoms. The van der Waals surface area contributed by atoms with Gasteiger partial charge in [0.25, 0.3) is 5.91 Å². The Hall–Kier alpha value is -1.01. The largest absolute Gasteiger partial charge is 0.338 e. The summed E-state index contributed by atoms with van der Waals surface area (Å²) in [5, 5.41) is 4.09. The summed E-state index contributed by atoms with van der Waals surface area (Å²) in [4.78, 5) is 29.4. The minimum Gasteiger partial charge on any atom is -0.338 e. The molecule has 2 atom stereocenters. The van der Waals surface area contributed by atoms with Crippen LogP contribution in [-0.2, 0) is 4.79 Å². The van der Waals surface area contributed by atoms with Gasteiger partial charge in [0.2, 0.25) is 5.91 Å². The molecule has 2 heterocycles. The molecule has 5 nitrogen and oxygen atoms in total. The van der Waals surface area contributed by atoms with Gasteiger partial charge in [-0.3, -0.25) is 9.59 Å². The molecule has 3 rings (SSSR count). The van der Waals surface area contributed by atoms with Crippen LogP contribution in [0.3, 0.4) is 0 Å². The maximum Gasteiger partial charge on any atom is 0.253 e. The van der Waals surface area contributed by atoms with Crippen LogP contribution < -0.4 is 5.32 Å². The topological polar surface area (TPSA) is 52.7 Å². The first-order valence-electron chi connectivity index (χ1n) is 8.73. The van der Waals surface area contributed by atoms with Gasteiger partial charge < -0.3 is 15.1 Å². The Morgan fingerprint density at radius 3 is 2.65 bits per heavy atom. The molecule has 144 valence electrons. The van der Waals surface area contributed by atoms with Crippen LogP contribution in [0.5, 0.6) is 0 Å². The zero-order chi connectivity index (χ0) is 18.0. The van der Waals surface area contributed by atoms with E-state index in [1.54, 1.807) is 23.1 Å². The summed E-state index contributed by atoms with van der Waals surface area (Å²) in [6.45, 7) is 5.58. The average molecular weight is 421 g/mol. The van der Waals surface area contributed by atoms with Crippen molar-refractivity contribution in [3.05, 3.63) is 33.8 Å². The van der Waals surface area contributed by atoms with Gasteiger partial charge in [-0.1, -0.05) is 23.2 Å². The van der Waals surface area contributed by atoms with Crippen molar-refractivity contribution < 1.29 is 9.59 Å². The molecule has 8 heteroatoms. The highest BCUT2D eigenvalue weighted by Gasteiger charge is 2.34. The van der Waals surface area contributed by atoms with Gasteiger partial charge in [0, 0.05) is 44.3 Å². The van der Waals surface area contributed by atoms with Crippen molar-refractivity contribution in [2.75, 3.05) is 32.7 Å². The van der Waals surface area contributed by atoms with Gasteiger partial charge in [0.1, 0.15) is 0 Å². The number of nitrogens with zero attached hydrogens (tertiary/aromatic N) is 2. The van der Waals surface area contributed by atoms with Gasteiger partial charge in [0.15, 0.2) is 0 Å². The number of hydrogen-bond donors (Lipinski definition) is 1. The maximum atomic E-state index is 12.9. The molecule has 1 aromatic carbocycles. The van der Waals surface area contributed by atoms with E-state index in [1.165, 1.54) is 0 Å². The lowest BCUT2D eigenvalue weighted by Gasteiger charge is -2.39. The predicted molar refractivity (Wildman–Crippen MR) is 106 cm³/mol. The second kappa shape index (κ2) is 9.27. The molecule has 2 fully saturated rings. The van der Waals surface area contributed by atoms with Gasteiger partial charge in [-0.25, -0.2) is 0 Å². The standard InChI is InChI=1S/C18H23Cl2N3O2.ClH/c1-12-10-21-6-8-23(12)18(25)14-3-2-7-22(11-14)17(24)13-4-5-15(19)16(20)9-13;/h4-5,9,12,14,21H,2-3,6-8,10-11H2,1H3;1H/t12-,14?;/m0./s1. The van der Waals surface area contributed by atoms with Gasteiger partial charge >= 0.3 is 0 Å². The van der Waals surface area contributed by atoms with Gasteiger partial charge in [0.05, 0.1) is 16.0 Å². The lowest BCUT2D eigenvalue weighted by Crippen LogP contribution is -2.55. The quantitative estimate of drug-likeness (QED) is 0.800. The van der Waals surface area contributed by atoms with E-state index in [-0.39, 0.29) is 36.2 Å². The summed E-state index contributed by atoms with van der Waals surface area (Å²) in [5.41, 5.74) is 0.512. The molecular formula is C18H24Cl3N3O2. The highest BCUT2D eigenvalue weighted by molar-refractivity contribution is 6.42. The fraction of sp³-hybridized carbons (Fsp3) is 0.556. The average Bonchev–Trinajstić information content (AvgIpc) is 2.63. The van der Waals surface area contributed by atoms with Crippen LogP contribution in [0.2, 0.25) is 10.0 Å². The molecule has 0 bridgehead atoms. The second-order valence-corrected chi connectivity index (χ2v) is 7.62. The monoisotopic (exact) mass is 419 g/mol. The molecule has 2 aliphatic rings. The number of likely N-dealkylation sites (tertiary alicyclic amines) is 1. The third-order valence-electron chi connectivity index (χ3n) is 5.01. The molecule has 0 aromatic heterocycles. The molecule has 0 saturated carbocycles. The fourth-order valence-electron chi connectivity index (χ4n) is 3.58. The van der Waals surface area contributed by atoms with Crippen LogP contribution in [-0.4, -0.2) is 60.4 Å². The molecule has 1 N–H and O–H groups in total. The van der Waals surface area contributed by atoms with E-state index in [1.807, 2.05) is 4.90 Å². The summed E-state index contributed by atoms with van der Waals surface area (Å²) in [7, 11) is 0. The van der Waals surface area contributed by atoms with Gasteiger partial charge in [-0.2, -0.15) is 0 Å². The molecule has 2 saturated heterocycles. The van der Waals surface area contributed by atoms with Gasteiger partial charge in [-0.05, 0) is 38.0 Å². The smallest absolute Gasteiger partial charge is 0.253 e. The van der Waals surface area contributed by atoms with Crippen LogP contribution in [0.4, 0.5) is 0 Å². The number of rotatable bonds is 2. The highest BCUT2D eigenvalue weighted by atomic mass is 35.5. The number of hydrogen-bond acceptors (Lipinski definition) is 3. The number of carbonyl (C=O) groups is 2. The molecule has 2 aliphatic heterocycles. The number of piperidine rings is 1. The van der Waals surface area contributed by atoms with E-state index in [2.05, 4.69) is 12.2 Å². The predicted octanol–water partition coefficient (Wildman–Crippen LogP) is 3.09. The first-order chi connectivity index (χ1) is 12.0. The number of amides is 2. The SMILES string of the molecule is C[C@H]1CNCCN1C(=O)C1CCCN(C(=O)c2ccc(Cl)c(Cl)c2)C1.Cl. The Balaban J connectivity index is 0.00000243. The molecule has 1 aromatic rings. The minimum absolute atomic E-state index is 0. The summed E-state index contributed by atoms with van der Waals surface area (Å²) < 4.78 is 0. The third-order valence-corrected chi connectivity index (χ3v) is 5.75. The molecular weight excluding hydrogens is 397 g/mol. The van der Waals surface area contributed by atoms with Crippen LogP contribution in [0.1, 0.15) is 30.1 Å². The van der Waals surface area contributed by atoms with Crippen LogP contribution in [0, 0.1) is 5.92 Å². The number of nitrogens with one attached hydrogen (secondary N) is 1. The number of carbonyl (C=O) groups excluding carboxylic acids is 2. The Morgan fingerprint density at radius 1 is 1.19 bits per heavy atom. The van der Waals surface area contributed by atoms with Crippen molar-refractivity contribution >= 4 is 47.4 Å². The third kappa shape index (κ3) is 4.63. The minimum atomic E-state index is -0.124. The zero-order valence-corrected chi connectivity index (χ0v) is 17.0. The van der Waals surface area contributed by atoms with Crippen molar-refractivity contribution in [1.29, 1.82) is 0 Å². The summed E-state index contributed by atoms with van der Waals surface area (Å²) >= 11 is 11.9. The summed E-state index contributed by atoms with van der Waals surface area (Å²) in [6.07, 6.45) is 1.67. The summed E-state index contributed by atoms with van der Waals surface area (Å²) in [6, 6.07) is 5.10. The van der Waals surface area contributed by atoms with Crippen LogP contribution >= 0.6 is 35.6 Å². The zero-order valence-electron chi connectivity index (χ0n) is 14.7. The van der Waals surface area contributed by atoms with Crippen LogP contribution in [0.25, 0.3) is 0 Å². The van der Waals surface area contributed by atoms with E-state index in [0.717, 1.165) is 32.5 Å². The lowest BCUT2D eigenvalue weighted by atomic mass is 9.95. The van der Waals surface area contributed by atoms with E-state index in [4.69, 9.17) is 23.2 Å². The van der Waals surface area contributed by atoms with Crippen molar-refractivity contribution in [3.8, 4) is 0 Å². The Kier molecular flexibility index (Phi) is 7.59. The lowest BCUT2D eigenvalue weighted by molar-refractivity contribution is -0.139. The van der Waals surface area contributed by atoms with Crippen molar-refractivity contribution in [1.82, 2.24) is 15.1 Å². The van der Waals surface area contributed by atoms with Crippen molar-refractivity contribution in [3.63, 3.8) is 0 Å². The maximum absolute atomic E-state index is 12.9. The summed E-state index contributed by atoms with van der Waals surface area (Å²) in [5.74, 6) is -0.0499. The highest BCUT2D eigenvalue weighted by Crippen LogP contribution is 2.26. The Morgan fingerprint density at radius 2 is 1.96 bits per heavy atom. The Bertz CT molecular complexity index is 671. The number of halogens is 3. The molecule has 2 amide bonds. The number of piperazine rings is 1. The van der Waals surface area contributed by atoms with E-state index in [0.29, 0.717) is 28.7 Å². The first kappa shape index (κ1) is 21.3. The van der Waals surface area contributed by atoms with E-state index >= 15 is 0 Å². The first-order valence-corrected chi connectivity index (χ1v) is 9.48. The molecule has 26 heavy (non-hydrogen) atoms. The normalized spacial score (nSPS) is 23.3. The molecule has 0 aliphatic carbocycles. The van der Waals surface area contributed by atoms with Crippen molar-refractivity contribution in [2.45, 2.75) is 25.8 Å². The Labute approximate surface area is 170 Å². The van der Waals surface area contributed by atoms with Crippen molar-refractivity contribution in [2.24, 2.45) is 5.92 Å².